The first-order valence-electron chi connectivity index (χ1n) is 10.1. The van der Waals surface area contributed by atoms with Gasteiger partial charge in [-0.25, -0.2) is 4.79 Å². The molecule has 0 radical (unpaired) electrons. The summed E-state index contributed by atoms with van der Waals surface area (Å²) in [4.78, 5) is 39.7. The number of imide groups is 1. The van der Waals surface area contributed by atoms with Crippen molar-refractivity contribution in [2.24, 2.45) is 0 Å². The molecule has 1 heterocycles. The maximum absolute atomic E-state index is 11.9. The summed E-state index contributed by atoms with van der Waals surface area (Å²) in [5, 5.41) is 0.537. The number of allylic oxidation sites excluding steroid dienone is 6. The van der Waals surface area contributed by atoms with E-state index in [1.54, 1.807) is 20.1 Å². The number of amides is 2. The minimum atomic E-state index is -0.757. The third-order valence-corrected chi connectivity index (χ3v) is 5.09. The Morgan fingerprint density at radius 2 is 1.65 bits per heavy atom. The fraction of sp³-hybridized carbons (Fsp3) is 0.320. The molecule has 1 aliphatic rings. The van der Waals surface area contributed by atoms with Crippen molar-refractivity contribution in [3.05, 3.63) is 69.8 Å². The zero-order chi connectivity index (χ0) is 23.1. The fourth-order valence-electron chi connectivity index (χ4n) is 3.16. The van der Waals surface area contributed by atoms with Crippen LogP contribution in [0.4, 0.5) is 0 Å². The Kier molecular flexibility index (Phi) is 8.14. The number of nitrogens with zero attached hydrogens (tertiary/aromatic N) is 1. The molecule has 0 bridgehead atoms. The summed E-state index contributed by atoms with van der Waals surface area (Å²) in [6.45, 7) is 9.91. The number of hydrogen-bond donors (Lipinski definition) is 0. The largest absolute Gasteiger partial charge is 0.496 e. The van der Waals surface area contributed by atoms with E-state index in [0.717, 1.165) is 22.4 Å². The first-order valence-corrected chi connectivity index (χ1v) is 10.1. The van der Waals surface area contributed by atoms with Gasteiger partial charge in [0, 0.05) is 18.9 Å². The molecule has 1 saturated heterocycles. The molecule has 0 spiro atoms. The number of ether oxygens (including phenoxy) is 1. The first-order chi connectivity index (χ1) is 14.6. The lowest BCUT2D eigenvalue weighted by atomic mass is 9.96. The molecular weight excluding hydrogens is 394 g/mol. The van der Waals surface area contributed by atoms with Crippen LogP contribution in [0, 0.1) is 20.8 Å². The Balaban J connectivity index is 2.02. The van der Waals surface area contributed by atoms with E-state index in [-0.39, 0.29) is 12.8 Å². The highest BCUT2D eigenvalue weighted by Gasteiger charge is 2.32. The zero-order valence-corrected chi connectivity index (χ0v) is 18.9. The molecule has 0 atom stereocenters. The van der Waals surface area contributed by atoms with Crippen molar-refractivity contribution < 1.29 is 24.0 Å². The topological polar surface area (TPSA) is 72.9 Å². The van der Waals surface area contributed by atoms with E-state index >= 15 is 0 Å². The molecule has 31 heavy (non-hydrogen) atoms. The van der Waals surface area contributed by atoms with Crippen LogP contribution in [0.3, 0.4) is 0 Å². The van der Waals surface area contributed by atoms with Crippen LogP contribution < -0.4 is 4.74 Å². The third-order valence-electron chi connectivity index (χ3n) is 5.09. The van der Waals surface area contributed by atoms with Gasteiger partial charge in [-0.05, 0) is 68.5 Å². The summed E-state index contributed by atoms with van der Waals surface area (Å²) < 4.78 is 5.42. The lowest BCUT2D eigenvalue weighted by Gasteiger charge is -2.13. The van der Waals surface area contributed by atoms with Crippen LogP contribution in [0.2, 0.25) is 0 Å². The Bertz CT molecular complexity index is 995. The molecule has 0 saturated carbocycles. The molecule has 2 amide bonds. The van der Waals surface area contributed by atoms with Crippen molar-refractivity contribution in [1.82, 2.24) is 5.06 Å². The molecular formula is C25H29NO5. The van der Waals surface area contributed by atoms with Crippen molar-refractivity contribution in [1.29, 1.82) is 0 Å². The van der Waals surface area contributed by atoms with E-state index in [1.165, 1.54) is 17.2 Å². The van der Waals surface area contributed by atoms with Crippen LogP contribution in [0.25, 0.3) is 6.08 Å². The van der Waals surface area contributed by atoms with Gasteiger partial charge in [-0.1, -0.05) is 36.0 Å². The van der Waals surface area contributed by atoms with Crippen molar-refractivity contribution >= 4 is 23.9 Å². The van der Waals surface area contributed by atoms with Crippen molar-refractivity contribution in [3.63, 3.8) is 0 Å². The van der Waals surface area contributed by atoms with Gasteiger partial charge in [0.2, 0.25) is 0 Å². The van der Waals surface area contributed by atoms with Crippen LogP contribution in [0.5, 0.6) is 5.75 Å². The number of carbonyl (C=O) groups excluding carboxylic acids is 3. The van der Waals surface area contributed by atoms with Gasteiger partial charge in [-0.3, -0.25) is 9.59 Å². The predicted molar refractivity (Wildman–Crippen MR) is 120 cm³/mol. The molecule has 0 aliphatic carbocycles. The summed E-state index contributed by atoms with van der Waals surface area (Å²) in [7, 11) is 1.68. The average Bonchev–Trinajstić information content (AvgIpc) is 3.02. The maximum Gasteiger partial charge on any atom is 0.357 e. The normalized spacial score (nSPS) is 15.5. The smallest absolute Gasteiger partial charge is 0.357 e. The van der Waals surface area contributed by atoms with E-state index in [2.05, 4.69) is 19.9 Å². The highest BCUT2D eigenvalue weighted by molar-refractivity contribution is 6.02. The SMILES string of the molecule is COc1cc(C)c(/C=C/C(C)=C/C=C/C(C)=C/C(=O)ON2C(=O)CCC2=O)c(C)c1C. The quantitative estimate of drug-likeness (QED) is 0.361. The van der Waals surface area contributed by atoms with Crippen LogP contribution in [0.15, 0.2) is 47.6 Å². The monoisotopic (exact) mass is 423 g/mol. The lowest BCUT2D eigenvalue weighted by Crippen LogP contribution is -2.31. The summed E-state index contributed by atoms with van der Waals surface area (Å²) in [5.74, 6) is -0.862. The van der Waals surface area contributed by atoms with Gasteiger partial charge in [0.1, 0.15) is 5.75 Å². The maximum atomic E-state index is 11.9. The molecule has 0 unspecified atom stereocenters. The summed E-state index contributed by atoms with van der Waals surface area (Å²) >= 11 is 0. The second-order valence-electron chi connectivity index (χ2n) is 7.54. The van der Waals surface area contributed by atoms with Crippen molar-refractivity contribution in [3.8, 4) is 5.75 Å². The number of rotatable bonds is 7. The lowest BCUT2D eigenvalue weighted by molar-refractivity contribution is -0.193. The van der Waals surface area contributed by atoms with Crippen molar-refractivity contribution in [2.75, 3.05) is 7.11 Å². The van der Waals surface area contributed by atoms with Crippen LogP contribution in [-0.4, -0.2) is 30.0 Å². The van der Waals surface area contributed by atoms with Gasteiger partial charge in [0.25, 0.3) is 11.8 Å². The Morgan fingerprint density at radius 3 is 2.26 bits per heavy atom. The highest BCUT2D eigenvalue weighted by atomic mass is 16.7. The second-order valence-corrected chi connectivity index (χ2v) is 7.54. The van der Waals surface area contributed by atoms with Gasteiger partial charge < -0.3 is 9.57 Å². The molecule has 1 aromatic rings. The average molecular weight is 424 g/mol. The standard InChI is InChI=1S/C25H29NO5/c1-16(10-11-21-18(3)15-22(30-6)20(5)19(21)4)8-7-9-17(2)14-25(29)31-26-23(27)12-13-24(26)28/h7-11,14-15H,12-13H2,1-6H3/b9-7+,11-10+,16-8+,17-14+. The number of hydroxylamine groups is 2. The van der Waals surface area contributed by atoms with Gasteiger partial charge in [0.15, 0.2) is 0 Å². The van der Waals surface area contributed by atoms with E-state index in [0.29, 0.717) is 10.6 Å². The molecule has 1 aliphatic heterocycles. The predicted octanol–water partition coefficient (Wildman–Crippen LogP) is 4.69. The van der Waals surface area contributed by atoms with Gasteiger partial charge in [0.05, 0.1) is 7.11 Å². The molecule has 6 heteroatoms. The van der Waals surface area contributed by atoms with Gasteiger partial charge >= 0.3 is 5.97 Å². The number of hydrogen-bond acceptors (Lipinski definition) is 5. The van der Waals surface area contributed by atoms with Crippen LogP contribution >= 0.6 is 0 Å². The summed E-state index contributed by atoms with van der Waals surface area (Å²) in [6, 6.07) is 2.04. The van der Waals surface area contributed by atoms with Crippen molar-refractivity contribution in [2.45, 2.75) is 47.5 Å². The Labute approximate surface area is 183 Å². The fourth-order valence-corrected chi connectivity index (χ4v) is 3.16. The second kappa shape index (κ2) is 10.6. The van der Waals surface area contributed by atoms with Crippen LogP contribution in [-0.2, 0) is 19.2 Å². The molecule has 1 fully saturated rings. The number of aryl methyl sites for hydroxylation is 1. The summed E-state index contributed by atoms with van der Waals surface area (Å²) in [6.07, 6.45) is 11.0. The molecule has 6 nitrogen and oxygen atoms in total. The van der Waals surface area contributed by atoms with Gasteiger partial charge in [-0.15, -0.1) is 5.06 Å². The number of carbonyl (C=O) groups is 3. The zero-order valence-electron chi connectivity index (χ0n) is 18.9. The molecule has 0 aromatic heterocycles. The van der Waals surface area contributed by atoms with E-state index < -0.39 is 17.8 Å². The Hall–Kier alpha value is -3.41. The van der Waals surface area contributed by atoms with E-state index in [4.69, 9.17) is 9.57 Å². The molecule has 1 aromatic carbocycles. The minimum Gasteiger partial charge on any atom is -0.496 e. The van der Waals surface area contributed by atoms with E-state index in [9.17, 15) is 14.4 Å². The minimum absolute atomic E-state index is 0.0709. The third kappa shape index (κ3) is 6.28. The molecule has 164 valence electrons. The molecule has 0 N–H and O–H groups in total. The Morgan fingerprint density at radius 1 is 1.00 bits per heavy atom. The number of benzene rings is 1. The first kappa shape index (κ1) is 23.9. The number of methoxy groups -OCH3 is 1. The van der Waals surface area contributed by atoms with Crippen LogP contribution in [0.1, 0.15) is 48.9 Å². The van der Waals surface area contributed by atoms with E-state index in [1.807, 2.05) is 38.1 Å². The summed E-state index contributed by atoms with van der Waals surface area (Å²) in [5.41, 5.74) is 6.29. The molecule has 2 rings (SSSR count). The highest BCUT2D eigenvalue weighted by Crippen LogP contribution is 2.28. The van der Waals surface area contributed by atoms with Gasteiger partial charge in [-0.2, -0.15) is 0 Å².